The molecule has 5 nitrogen and oxygen atoms in total. The summed E-state index contributed by atoms with van der Waals surface area (Å²) in [6.07, 6.45) is 5.20. The Kier molecular flexibility index (Phi) is 8.53. The van der Waals surface area contributed by atoms with Crippen LogP contribution in [-0.4, -0.2) is 62.4 Å². The Morgan fingerprint density at radius 3 is 2.06 bits per heavy atom. The Labute approximate surface area is 216 Å². The lowest BCUT2D eigenvalue weighted by molar-refractivity contribution is -0.137. The van der Waals surface area contributed by atoms with E-state index in [1.165, 1.54) is 30.6 Å². The molecule has 1 aliphatic heterocycles. The minimum atomic E-state index is -0.407. The lowest BCUT2D eigenvalue weighted by atomic mass is 9.82. The van der Waals surface area contributed by atoms with Crippen molar-refractivity contribution in [2.45, 2.75) is 51.9 Å². The first-order valence-corrected chi connectivity index (χ1v) is 13.0. The van der Waals surface area contributed by atoms with Gasteiger partial charge in [0.05, 0.1) is 16.0 Å². The highest BCUT2D eigenvalue weighted by Crippen LogP contribution is 2.53. The van der Waals surface area contributed by atoms with E-state index in [0.717, 1.165) is 30.9 Å². The average molecular weight is 498 g/mol. The van der Waals surface area contributed by atoms with Gasteiger partial charge >= 0.3 is 0 Å². The van der Waals surface area contributed by atoms with Gasteiger partial charge in [-0.05, 0) is 75.6 Å². The monoisotopic (exact) mass is 497 g/mol. The molecule has 1 spiro atoms. The van der Waals surface area contributed by atoms with Gasteiger partial charge in [-0.1, -0.05) is 41.9 Å². The minimum absolute atomic E-state index is 0.0734. The van der Waals surface area contributed by atoms with Crippen LogP contribution in [0.25, 0.3) is 0 Å². The smallest absolute Gasteiger partial charge is 0.254 e. The van der Waals surface area contributed by atoms with Gasteiger partial charge in [-0.3, -0.25) is 9.59 Å². The minimum Gasteiger partial charge on any atom is -0.375 e. The molecule has 1 saturated carbocycles. The van der Waals surface area contributed by atoms with Gasteiger partial charge in [0.15, 0.2) is 0 Å². The number of amides is 2. The number of anilines is 1. The first kappa shape index (κ1) is 27.1. The van der Waals surface area contributed by atoms with Crippen LogP contribution in [0.2, 0.25) is 5.02 Å². The molecular weight excluding hydrogens is 458 g/mol. The molecule has 4 rings (SSSR count). The Bertz CT molecular complexity index is 1020. The highest BCUT2D eigenvalue weighted by molar-refractivity contribution is 6.34. The maximum atomic E-state index is 12.8. The Hall–Kier alpha value is -2.53. The van der Waals surface area contributed by atoms with Gasteiger partial charge in [0.2, 0.25) is 5.91 Å². The SMILES string of the molecule is CC(C)(C(=O)N1CCC2(CC1)CC2)c1ccccc1.CCN(C)c1ccc(C(=O)N(C)C)c(Cl)c1. The van der Waals surface area contributed by atoms with Crippen molar-refractivity contribution < 1.29 is 9.59 Å². The number of piperidine rings is 1. The largest absolute Gasteiger partial charge is 0.375 e. The van der Waals surface area contributed by atoms with Gasteiger partial charge in [0, 0.05) is 46.5 Å². The summed E-state index contributed by atoms with van der Waals surface area (Å²) in [6.45, 7) is 8.96. The molecule has 0 unspecified atom stereocenters. The number of rotatable bonds is 5. The zero-order chi connectivity index (χ0) is 25.8. The van der Waals surface area contributed by atoms with Crippen LogP contribution in [0.3, 0.4) is 0 Å². The Morgan fingerprint density at radius 2 is 1.57 bits per heavy atom. The third kappa shape index (κ3) is 6.38. The fraction of sp³-hybridized carbons (Fsp3) is 0.517. The molecule has 2 aromatic rings. The number of carbonyl (C=O) groups excluding carboxylic acids is 2. The molecule has 2 aliphatic rings. The second-order valence-electron chi connectivity index (χ2n) is 10.7. The van der Waals surface area contributed by atoms with E-state index in [1.807, 2.05) is 51.2 Å². The maximum absolute atomic E-state index is 12.8. The van der Waals surface area contributed by atoms with Crippen LogP contribution in [0.15, 0.2) is 48.5 Å². The molecule has 1 aliphatic carbocycles. The fourth-order valence-electron chi connectivity index (χ4n) is 4.57. The van der Waals surface area contributed by atoms with Crippen molar-refractivity contribution in [3.05, 3.63) is 64.7 Å². The number of carbonyl (C=O) groups is 2. The third-order valence-corrected chi connectivity index (χ3v) is 7.92. The summed E-state index contributed by atoms with van der Waals surface area (Å²) >= 11 is 6.10. The lowest BCUT2D eigenvalue weighted by Crippen LogP contribution is -2.47. The molecule has 2 amide bonds. The second kappa shape index (κ2) is 11.0. The molecule has 190 valence electrons. The van der Waals surface area contributed by atoms with Crippen LogP contribution in [0.5, 0.6) is 0 Å². The number of hydrogen-bond acceptors (Lipinski definition) is 3. The van der Waals surface area contributed by atoms with Gasteiger partial charge in [-0.2, -0.15) is 0 Å². The molecule has 0 N–H and O–H groups in total. The van der Waals surface area contributed by atoms with Crippen molar-refractivity contribution in [1.82, 2.24) is 9.80 Å². The van der Waals surface area contributed by atoms with Crippen LogP contribution in [0.1, 0.15) is 62.4 Å². The first-order chi connectivity index (χ1) is 16.5. The summed E-state index contributed by atoms with van der Waals surface area (Å²) in [5.74, 6) is 0.213. The summed E-state index contributed by atoms with van der Waals surface area (Å²) in [6, 6.07) is 15.6. The van der Waals surface area contributed by atoms with Gasteiger partial charge in [0.1, 0.15) is 0 Å². The van der Waals surface area contributed by atoms with E-state index >= 15 is 0 Å². The van der Waals surface area contributed by atoms with Crippen molar-refractivity contribution in [3.63, 3.8) is 0 Å². The van der Waals surface area contributed by atoms with E-state index < -0.39 is 5.41 Å². The van der Waals surface area contributed by atoms with Crippen molar-refractivity contribution in [1.29, 1.82) is 0 Å². The molecule has 1 saturated heterocycles. The summed E-state index contributed by atoms with van der Waals surface area (Å²) in [7, 11) is 5.41. The van der Waals surface area contributed by atoms with Crippen LogP contribution in [-0.2, 0) is 10.2 Å². The molecule has 2 fully saturated rings. The van der Waals surface area contributed by atoms with E-state index in [0.29, 0.717) is 16.0 Å². The number of likely N-dealkylation sites (tertiary alicyclic amines) is 1. The molecule has 0 aromatic heterocycles. The molecule has 2 aromatic carbocycles. The summed E-state index contributed by atoms with van der Waals surface area (Å²) in [5, 5.41) is 0.497. The number of benzene rings is 2. The van der Waals surface area contributed by atoms with Gasteiger partial charge < -0.3 is 14.7 Å². The normalized spacial score (nSPS) is 16.3. The number of hydrogen-bond donors (Lipinski definition) is 0. The predicted molar refractivity (Wildman–Crippen MR) is 145 cm³/mol. The van der Waals surface area contributed by atoms with Crippen molar-refractivity contribution in [2.75, 3.05) is 45.7 Å². The van der Waals surface area contributed by atoms with Crippen LogP contribution < -0.4 is 4.90 Å². The zero-order valence-corrected chi connectivity index (χ0v) is 22.9. The molecular formula is C29H40ClN3O2. The Morgan fingerprint density at radius 1 is 0.971 bits per heavy atom. The molecule has 35 heavy (non-hydrogen) atoms. The molecule has 0 radical (unpaired) electrons. The number of halogens is 1. The molecule has 1 heterocycles. The number of nitrogens with zero attached hydrogens (tertiary/aromatic N) is 3. The summed E-state index contributed by atoms with van der Waals surface area (Å²) < 4.78 is 0. The Balaban J connectivity index is 0.000000199. The summed E-state index contributed by atoms with van der Waals surface area (Å²) in [5.41, 5.74) is 2.90. The van der Waals surface area contributed by atoms with Crippen LogP contribution >= 0.6 is 11.6 Å². The second-order valence-corrected chi connectivity index (χ2v) is 11.1. The lowest BCUT2D eigenvalue weighted by Gasteiger charge is -2.37. The van der Waals surface area contributed by atoms with Crippen molar-refractivity contribution >= 4 is 29.1 Å². The maximum Gasteiger partial charge on any atom is 0.254 e. The quantitative estimate of drug-likeness (QED) is 0.519. The van der Waals surface area contributed by atoms with E-state index in [9.17, 15) is 9.59 Å². The summed E-state index contributed by atoms with van der Waals surface area (Å²) in [4.78, 5) is 30.2. The fourth-order valence-corrected chi connectivity index (χ4v) is 4.83. The van der Waals surface area contributed by atoms with Crippen molar-refractivity contribution in [3.8, 4) is 0 Å². The first-order valence-electron chi connectivity index (χ1n) is 12.6. The van der Waals surface area contributed by atoms with Gasteiger partial charge in [-0.25, -0.2) is 0 Å². The van der Waals surface area contributed by atoms with Crippen LogP contribution in [0.4, 0.5) is 5.69 Å². The molecule has 6 heteroatoms. The highest BCUT2D eigenvalue weighted by Gasteiger charge is 2.46. The van der Waals surface area contributed by atoms with E-state index in [-0.39, 0.29) is 11.8 Å². The van der Waals surface area contributed by atoms with Gasteiger partial charge in [-0.15, -0.1) is 0 Å². The van der Waals surface area contributed by atoms with E-state index in [1.54, 1.807) is 20.2 Å². The molecule has 0 bridgehead atoms. The van der Waals surface area contributed by atoms with Gasteiger partial charge in [0.25, 0.3) is 5.91 Å². The highest BCUT2D eigenvalue weighted by atomic mass is 35.5. The van der Waals surface area contributed by atoms with E-state index in [2.05, 4.69) is 28.9 Å². The zero-order valence-electron chi connectivity index (χ0n) is 22.1. The molecule has 0 atom stereocenters. The standard InChI is InChI=1S/C17H23NO.C12H17ClN2O/c1-16(2,14-6-4-3-5-7-14)15(19)18-12-10-17(8-9-17)11-13-18;1-5-15(4)9-6-7-10(11(13)8-9)12(16)14(2)3/h3-7H,8-13H2,1-2H3;6-8H,5H2,1-4H3. The predicted octanol–water partition coefficient (Wildman–Crippen LogP) is 5.86. The van der Waals surface area contributed by atoms with Crippen molar-refractivity contribution in [2.24, 2.45) is 5.41 Å². The van der Waals surface area contributed by atoms with E-state index in [4.69, 9.17) is 11.6 Å². The van der Waals surface area contributed by atoms with Crippen LogP contribution in [0, 0.1) is 5.41 Å². The topological polar surface area (TPSA) is 43.9 Å². The average Bonchev–Trinajstić information content (AvgIpc) is 3.62. The third-order valence-electron chi connectivity index (χ3n) is 7.60.